The molecule has 2 amide bonds. The van der Waals surface area contributed by atoms with Crippen molar-refractivity contribution in [2.75, 3.05) is 25.5 Å². The van der Waals surface area contributed by atoms with Crippen molar-refractivity contribution in [3.05, 3.63) is 107 Å². The maximum atomic E-state index is 13.4. The zero-order valence-corrected chi connectivity index (χ0v) is 23.5. The lowest BCUT2D eigenvalue weighted by molar-refractivity contribution is -0.118. The Morgan fingerprint density at radius 3 is 2.22 bits per heavy atom. The van der Waals surface area contributed by atoms with E-state index in [0.29, 0.717) is 12.2 Å². The van der Waals surface area contributed by atoms with E-state index in [1.54, 1.807) is 6.92 Å². The second-order valence-corrected chi connectivity index (χ2v) is 10.7. The van der Waals surface area contributed by atoms with E-state index in [9.17, 15) is 19.5 Å². The summed E-state index contributed by atoms with van der Waals surface area (Å²) in [4.78, 5) is 40.1. The molecule has 5 rings (SSSR count). The minimum absolute atomic E-state index is 0.0686. The Hall–Kier alpha value is -4.54. The molecular weight excluding hydrogens is 540 g/mol. The van der Waals surface area contributed by atoms with E-state index < -0.39 is 24.0 Å². The summed E-state index contributed by atoms with van der Waals surface area (Å²) in [6.07, 6.45) is -0.737. The highest BCUT2D eigenvalue weighted by atomic mass is 32.1. The van der Waals surface area contributed by atoms with Gasteiger partial charge in [0.05, 0.1) is 5.69 Å². The summed E-state index contributed by atoms with van der Waals surface area (Å²) in [7, 11) is 1.84. The number of aryl methyl sites for hydroxylation is 1. The molecule has 210 valence electrons. The van der Waals surface area contributed by atoms with Gasteiger partial charge in [0.15, 0.2) is 0 Å². The Morgan fingerprint density at radius 1 is 0.976 bits per heavy atom. The van der Waals surface area contributed by atoms with Gasteiger partial charge in [0.25, 0.3) is 0 Å². The fourth-order valence-electron chi connectivity index (χ4n) is 5.15. The largest absolute Gasteiger partial charge is 0.478 e. The fraction of sp³-hybridized carbons (Fsp3) is 0.226. The van der Waals surface area contributed by atoms with Crippen molar-refractivity contribution in [3.63, 3.8) is 0 Å². The zero-order chi connectivity index (χ0) is 28.9. The molecule has 1 aliphatic rings. The SMILES string of the molecule is Cc1nsc(NC(=O)C(CN(C)Cc2ccccc2)NC(=O)OCC2c3ccccc3-c3ccccc32)c1C(=O)O. The number of amides is 2. The van der Waals surface area contributed by atoms with Crippen LogP contribution >= 0.6 is 11.5 Å². The summed E-state index contributed by atoms with van der Waals surface area (Å²) in [5, 5.41) is 15.0. The van der Waals surface area contributed by atoms with E-state index in [-0.39, 0.29) is 29.6 Å². The highest BCUT2D eigenvalue weighted by molar-refractivity contribution is 7.11. The maximum Gasteiger partial charge on any atom is 0.407 e. The Labute approximate surface area is 241 Å². The number of aromatic carboxylic acids is 1. The molecule has 1 aromatic heterocycles. The van der Waals surface area contributed by atoms with Crippen LogP contribution in [0.3, 0.4) is 0 Å². The number of nitrogens with one attached hydrogen (secondary N) is 2. The van der Waals surface area contributed by atoms with E-state index in [1.165, 1.54) is 0 Å². The molecular formula is C31H30N4O5S. The number of hydrogen-bond acceptors (Lipinski definition) is 7. The minimum Gasteiger partial charge on any atom is -0.478 e. The van der Waals surface area contributed by atoms with Crippen molar-refractivity contribution in [2.45, 2.75) is 25.4 Å². The monoisotopic (exact) mass is 570 g/mol. The molecule has 4 aromatic rings. The number of anilines is 1. The number of rotatable bonds is 10. The summed E-state index contributed by atoms with van der Waals surface area (Å²) in [5.74, 6) is -1.88. The quantitative estimate of drug-likeness (QED) is 0.242. The number of carbonyl (C=O) groups is 3. The van der Waals surface area contributed by atoms with Gasteiger partial charge in [0, 0.05) is 19.0 Å². The predicted octanol–water partition coefficient (Wildman–Crippen LogP) is 5.13. The lowest BCUT2D eigenvalue weighted by Gasteiger charge is -2.24. The molecule has 0 bridgehead atoms. The van der Waals surface area contributed by atoms with Crippen LogP contribution in [0.25, 0.3) is 11.1 Å². The average Bonchev–Trinajstić information content (AvgIpc) is 3.49. The molecule has 0 radical (unpaired) electrons. The molecule has 0 spiro atoms. The van der Waals surface area contributed by atoms with E-state index in [0.717, 1.165) is 39.3 Å². The standard InChI is InChI=1S/C31H30N4O5S/c1-19-27(30(37)38)29(41-34-19)33-28(36)26(17-35(2)16-20-10-4-3-5-11-20)32-31(39)40-18-25-23-14-8-6-12-21(23)22-13-7-9-15-24(22)25/h3-15,25-26H,16-18H2,1-2H3,(H,32,39)(H,33,36)(H,37,38). The number of benzene rings is 3. The highest BCUT2D eigenvalue weighted by Gasteiger charge is 2.31. The van der Waals surface area contributed by atoms with Crippen molar-refractivity contribution in [3.8, 4) is 11.1 Å². The summed E-state index contributed by atoms with van der Waals surface area (Å²) in [5.41, 5.74) is 5.68. The molecule has 1 atom stereocenters. The van der Waals surface area contributed by atoms with Crippen molar-refractivity contribution in [1.29, 1.82) is 0 Å². The predicted molar refractivity (Wildman–Crippen MR) is 157 cm³/mol. The number of aromatic nitrogens is 1. The number of hydrogen-bond donors (Lipinski definition) is 3. The Kier molecular flexibility index (Phi) is 8.42. The van der Waals surface area contributed by atoms with Gasteiger partial charge in [-0.2, -0.15) is 4.37 Å². The molecule has 9 nitrogen and oxygen atoms in total. The van der Waals surface area contributed by atoms with Crippen LogP contribution in [0.5, 0.6) is 0 Å². The number of ether oxygens (including phenoxy) is 1. The first-order valence-corrected chi connectivity index (χ1v) is 13.9. The molecule has 3 N–H and O–H groups in total. The lowest BCUT2D eigenvalue weighted by Crippen LogP contribution is -2.50. The van der Waals surface area contributed by atoms with Crippen LogP contribution in [-0.2, 0) is 16.1 Å². The van der Waals surface area contributed by atoms with Crippen LogP contribution in [0.2, 0.25) is 0 Å². The van der Waals surface area contributed by atoms with E-state index >= 15 is 0 Å². The second-order valence-electron chi connectivity index (χ2n) is 9.97. The summed E-state index contributed by atoms with van der Waals surface area (Å²) in [6.45, 7) is 2.36. The molecule has 1 aliphatic carbocycles. The van der Waals surface area contributed by atoms with Crippen LogP contribution in [0.15, 0.2) is 78.9 Å². The third kappa shape index (κ3) is 6.29. The van der Waals surface area contributed by atoms with Gasteiger partial charge < -0.3 is 20.5 Å². The number of nitrogens with zero attached hydrogens (tertiary/aromatic N) is 2. The van der Waals surface area contributed by atoms with Gasteiger partial charge in [0.1, 0.15) is 23.2 Å². The third-order valence-electron chi connectivity index (χ3n) is 7.06. The third-order valence-corrected chi connectivity index (χ3v) is 7.91. The van der Waals surface area contributed by atoms with Crippen LogP contribution in [-0.4, -0.2) is 58.6 Å². The van der Waals surface area contributed by atoms with Crippen LogP contribution < -0.4 is 10.6 Å². The number of carboxylic acid groups (broad SMARTS) is 1. The lowest BCUT2D eigenvalue weighted by atomic mass is 9.98. The van der Waals surface area contributed by atoms with E-state index in [4.69, 9.17) is 4.74 Å². The second kappa shape index (κ2) is 12.3. The number of alkyl carbamates (subject to hydrolysis) is 1. The molecule has 0 aliphatic heterocycles. The van der Waals surface area contributed by atoms with Gasteiger partial charge in [-0.1, -0.05) is 78.9 Å². The van der Waals surface area contributed by atoms with Gasteiger partial charge in [0.2, 0.25) is 5.91 Å². The van der Waals surface area contributed by atoms with E-state index in [2.05, 4.69) is 27.1 Å². The van der Waals surface area contributed by atoms with Crippen LogP contribution in [0.4, 0.5) is 9.80 Å². The van der Waals surface area contributed by atoms with Gasteiger partial charge in [-0.25, -0.2) is 9.59 Å². The highest BCUT2D eigenvalue weighted by Crippen LogP contribution is 2.44. The molecule has 10 heteroatoms. The summed E-state index contributed by atoms with van der Waals surface area (Å²) < 4.78 is 9.75. The van der Waals surface area contributed by atoms with E-state index in [1.807, 2.05) is 78.7 Å². The van der Waals surface area contributed by atoms with Crippen LogP contribution in [0, 0.1) is 6.92 Å². The Bertz CT molecular complexity index is 1530. The zero-order valence-electron chi connectivity index (χ0n) is 22.7. The molecule has 1 unspecified atom stereocenters. The van der Waals surface area contributed by atoms with Crippen molar-refractivity contribution < 1.29 is 24.2 Å². The van der Waals surface area contributed by atoms with Crippen molar-refractivity contribution in [2.24, 2.45) is 0 Å². The molecule has 0 saturated carbocycles. The molecule has 41 heavy (non-hydrogen) atoms. The van der Waals surface area contributed by atoms with Crippen molar-refractivity contribution >= 4 is 34.5 Å². The summed E-state index contributed by atoms with van der Waals surface area (Å²) >= 11 is 0.884. The number of carbonyl (C=O) groups excluding carboxylic acids is 2. The Morgan fingerprint density at radius 2 is 1.59 bits per heavy atom. The molecule has 0 saturated heterocycles. The Balaban J connectivity index is 1.30. The number of likely N-dealkylation sites (N-methyl/N-ethyl adjacent to an activating group) is 1. The molecule has 0 fully saturated rings. The van der Waals surface area contributed by atoms with Gasteiger partial charge in [-0.3, -0.25) is 9.69 Å². The minimum atomic E-state index is -1.19. The van der Waals surface area contributed by atoms with Crippen molar-refractivity contribution in [1.82, 2.24) is 14.6 Å². The number of fused-ring (bicyclic) bond motifs is 3. The first kappa shape index (κ1) is 28.0. The normalized spacial score (nSPS) is 12.9. The maximum absolute atomic E-state index is 13.4. The summed E-state index contributed by atoms with van der Waals surface area (Å²) in [6, 6.07) is 24.8. The van der Waals surface area contributed by atoms with Gasteiger partial charge in [-0.05, 0) is 53.3 Å². The van der Waals surface area contributed by atoms with Crippen LogP contribution in [0.1, 0.15) is 38.7 Å². The van der Waals surface area contributed by atoms with Gasteiger partial charge in [-0.15, -0.1) is 0 Å². The first-order chi connectivity index (χ1) is 19.8. The molecule has 3 aromatic carbocycles. The topological polar surface area (TPSA) is 121 Å². The van der Waals surface area contributed by atoms with Gasteiger partial charge >= 0.3 is 12.1 Å². The average molecular weight is 571 g/mol. The smallest absolute Gasteiger partial charge is 0.407 e. The first-order valence-electron chi connectivity index (χ1n) is 13.2. The molecule has 1 heterocycles. The fourth-order valence-corrected chi connectivity index (χ4v) is 5.95. The number of carboxylic acids is 1.